The quantitative estimate of drug-likeness (QED) is 0.475. The molecule has 0 aliphatic carbocycles. The van der Waals surface area contributed by atoms with Gasteiger partial charge in [0.1, 0.15) is 5.56 Å². The molecule has 0 bridgehead atoms. The Balaban J connectivity index is 2.13. The molecular formula is C20H24ClN3O5. The van der Waals surface area contributed by atoms with Gasteiger partial charge in [-0.05, 0) is 17.5 Å². The Morgan fingerprint density at radius 3 is 2.62 bits per heavy atom. The Morgan fingerprint density at radius 1 is 1.31 bits per heavy atom. The highest BCUT2D eigenvalue weighted by Gasteiger charge is 2.19. The summed E-state index contributed by atoms with van der Waals surface area (Å²) in [5, 5.41) is 21.5. The van der Waals surface area contributed by atoms with Crippen LogP contribution in [0.5, 0.6) is 0 Å². The summed E-state index contributed by atoms with van der Waals surface area (Å²) >= 11 is 6.56. The number of aromatic carboxylic acids is 1. The molecule has 8 nitrogen and oxygen atoms in total. The summed E-state index contributed by atoms with van der Waals surface area (Å²) in [7, 11) is 0. The molecule has 156 valence electrons. The van der Waals surface area contributed by atoms with Gasteiger partial charge in [0.15, 0.2) is 0 Å². The van der Waals surface area contributed by atoms with Crippen LogP contribution in [0, 0.1) is 11.3 Å². The van der Waals surface area contributed by atoms with E-state index >= 15 is 0 Å². The van der Waals surface area contributed by atoms with E-state index in [2.05, 4.69) is 10.3 Å². The highest BCUT2D eigenvalue weighted by Crippen LogP contribution is 2.36. The maximum absolute atomic E-state index is 12.6. The Morgan fingerprint density at radius 2 is 2.00 bits per heavy atom. The lowest BCUT2D eigenvalue weighted by Gasteiger charge is -2.17. The number of halogens is 1. The Hall–Kier alpha value is -2.60. The molecule has 3 N–H and O–H groups in total. The van der Waals surface area contributed by atoms with Gasteiger partial charge >= 0.3 is 5.97 Å². The largest absolute Gasteiger partial charge is 0.477 e. The molecule has 0 aliphatic rings. The lowest BCUT2D eigenvalue weighted by molar-refractivity contribution is 0.0538. The van der Waals surface area contributed by atoms with Crippen molar-refractivity contribution in [3.8, 4) is 6.07 Å². The molecule has 0 aliphatic heterocycles. The van der Waals surface area contributed by atoms with Crippen molar-refractivity contribution in [1.82, 2.24) is 4.98 Å². The molecule has 2 aromatic rings. The van der Waals surface area contributed by atoms with Crippen LogP contribution in [0.25, 0.3) is 10.9 Å². The van der Waals surface area contributed by atoms with Gasteiger partial charge in [-0.1, -0.05) is 25.4 Å². The minimum absolute atomic E-state index is 0.0138. The molecule has 1 heterocycles. The van der Waals surface area contributed by atoms with Gasteiger partial charge in [-0.3, -0.25) is 4.79 Å². The van der Waals surface area contributed by atoms with E-state index in [9.17, 15) is 14.7 Å². The highest BCUT2D eigenvalue weighted by molar-refractivity contribution is 6.35. The van der Waals surface area contributed by atoms with Gasteiger partial charge in [-0.15, -0.1) is 0 Å². The minimum Gasteiger partial charge on any atom is -0.477 e. The third kappa shape index (κ3) is 5.70. The zero-order chi connectivity index (χ0) is 21.4. The Bertz CT molecular complexity index is 965. The summed E-state index contributed by atoms with van der Waals surface area (Å²) in [4.78, 5) is 26.8. The van der Waals surface area contributed by atoms with Crippen LogP contribution in [0.2, 0.25) is 5.02 Å². The third-order valence-electron chi connectivity index (χ3n) is 4.25. The highest BCUT2D eigenvalue weighted by atomic mass is 35.5. The molecule has 1 aromatic carbocycles. The van der Waals surface area contributed by atoms with Gasteiger partial charge in [-0.2, -0.15) is 5.26 Å². The number of H-pyrrole nitrogens is 1. The number of carboxylic acids is 1. The topological polar surface area (TPSA) is 124 Å². The number of rotatable bonds is 11. The van der Waals surface area contributed by atoms with E-state index in [0.717, 1.165) is 5.56 Å². The summed E-state index contributed by atoms with van der Waals surface area (Å²) in [5.74, 6) is -1.27. The Labute approximate surface area is 173 Å². The van der Waals surface area contributed by atoms with Gasteiger partial charge in [0.25, 0.3) is 0 Å². The molecular weight excluding hydrogens is 398 g/mol. The molecule has 0 amide bonds. The maximum Gasteiger partial charge on any atom is 0.341 e. The zero-order valence-corrected chi connectivity index (χ0v) is 17.1. The number of nitriles is 1. The molecule has 1 aromatic heterocycles. The van der Waals surface area contributed by atoms with Crippen molar-refractivity contribution in [2.24, 2.45) is 0 Å². The van der Waals surface area contributed by atoms with Crippen LogP contribution in [0.1, 0.15) is 42.1 Å². The number of carboxylic acid groups (broad SMARTS) is 1. The first-order valence-corrected chi connectivity index (χ1v) is 9.63. The summed E-state index contributed by atoms with van der Waals surface area (Å²) in [5.41, 5.74) is 0.951. The second-order valence-corrected chi connectivity index (χ2v) is 7.00. The van der Waals surface area contributed by atoms with Crippen LogP contribution in [0.4, 0.5) is 5.69 Å². The predicted molar refractivity (Wildman–Crippen MR) is 111 cm³/mol. The van der Waals surface area contributed by atoms with Crippen molar-refractivity contribution in [2.75, 3.05) is 38.3 Å². The first-order chi connectivity index (χ1) is 13.9. The number of ether oxygens (including phenoxy) is 2. The maximum atomic E-state index is 12.6. The predicted octanol–water partition coefficient (Wildman–Crippen LogP) is 3.36. The van der Waals surface area contributed by atoms with Gasteiger partial charge in [0.2, 0.25) is 5.43 Å². The average molecular weight is 422 g/mol. The van der Waals surface area contributed by atoms with Gasteiger partial charge in [-0.25, -0.2) is 4.79 Å². The smallest absolute Gasteiger partial charge is 0.341 e. The van der Waals surface area contributed by atoms with Crippen LogP contribution in [0.15, 0.2) is 17.1 Å². The van der Waals surface area contributed by atoms with E-state index in [0.29, 0.717) is 55.6 Å². The molecule has 0 saturated heterocycles. The number of fused-ring (bicyclic) bond motifs is 1. The molecule has 29 heavy (non-hydrogen) atoms. The summed E-state index contributed by atoms with van der Waals surface area (Å²) in [6, 6.07) is 3.56. The minimum atomic E-state index is -1.28. The number of nitrogens with zero attached hydrogens (tertiary/aromatic N) is 1. The third-order valence-corrected chi connectivity index (χ3v) is 4.66. The van der Waals surface area contributed by atoms with E-state index in [4.69, 9.17) is 26.3 Å². The fourth-order valence-electron chi connectivity index (χ4n) is 2.90. The van der Waals surface area contributed by atoms with Crippen LogP contribution in [-0.2, 0) is 9.47 Å². The molecule has 0 atom stereocenters. The molecule has 0 saturated carbocycles. The number of hydrogen-bond acceptors (Lipinski definition) is 6. The van der Waals surface area contributed by atoms with Crippen LogP contribution in [-0.4, -0.2) is 49.0 Å². The van der Waals surface area contributed by atoms with E-state index in [1.807, 2.05) is 19.9 Å². The van der Waals surface area contributed by atoms with Gasteiger partial charge in [0.05, 0.1) is 55.1 Å². The number of benzene rings is 1. The number of nitrogens with one attached hydrogen (secondary N) is 2. The van der Waals surface area contributed by atoms with Crippen molar-refractivity contribution in [1.29, 1.82) is 5.26 Å². The van der Waals surface area contributed by atoms with E-state index < -0.39 is 11.4 Å². The van der Waals surface area contributed by atoms with Crippen molar-refractivity contribution in [3.05, 3.63) is 38.6 Å². The standard InChI is InChI=1S/C20H24ClN3O5/c1-12(2)16-17(21)15(23-5-7-29-9-8-28-6-3-4-22)10-13-18(16)24-11-14(19(13)25)20(26)27/h10-12,23H,3,5-9H2,1-2H3,(H,24,25)(H,26,27). The van der Waals surface area contributed by atoms with E-state index in [1.165, 1.54) is 6.20 Å². The van der Waals surface area contributed by atoms with Gasteiger partial charge in [0, 0.05) is 18.1 Å². The van der Waals surface area contributed by atoms with Crippen LogP contribution in [0.3, 0.4) is 0 Å². The van der Waals surface area contributed by atoms with Crippen LogP contribution >= 0.6 is 11.6 Å². The number of pyridine rings is 1. The molecule has 9 heteroatoms. The summed E-state index contributed by atoms with van der Waals surface area (Å²) in [6.45, 7) is 5.92. The molecule has 0 spiro atoms. The number of aromatic nitrogens is 1. The summed E-state index contributed by atoms with van der Waals surface area (Å²) in [6.07, 6.45) is 1.55. The average Bonchev–Trinajstić information content (AvgIpc) is 2.67. The zero-order valence-electron chi connectivity index (χ0n) is 16.4. The SMILES string of the molecule is CC(C)c1c(Cl)c(NCCOCCOCCC#N)cc2c(=O)c(C(=O)O)c[nH]c12. The fraction of sp³-hybridized carbons (Fsp3) is 0.450. The van der Waals surface area contributed by atoms with Crippen molar-refractivity contribution < 1.29 is 19.4 Å². The first kappa shape index (κ1) is 22.7. The number of hydrogen-bond donors (Lipinski definition) is 3. The molecule has 0 radical (unpaired) electrons. The second-order valence-electron chi connectivity index (χ2n) is 6.63. The van der Waals surface area contributed by atoms with Crippen molar-refractivity contribution in [3.63, 3.8) is 0 Å². The van der Waals surface area contributed by atoms with E-state index in [1.54, 1.807) is 6.07 Å². The summed E-state index contributed by atoms with van der Waals surface area (Å²) < 4.78 is 10.7. The van der Waals surface area contributed by atoms with Gasteiger partial charge < -0.3 is 24.9 Å². The normalized spacial score (nSPS) is 11.0. The lowest BCUT2D eigenvalue weighted by atomic mass is 9.97. The Kier molecular flexibility index (Phi) is 8.46. The first-order valence-electron chi connectivity index (χ1n) is 9.25. The van der Waals surface area contributed by atoms with Crippen LogP contribution < -0.4 is 10.7 Å². The number of aromatic amines is 1. The van der Waals surface area contributed by atoms with Crippen molar-refractivity contribution in [2.45, 2.75) is 26.2 Å². The number of carbonyl (C=O) groups is 1. The van der Waals surface area contributed by atoms with E-state index in [-0.39, 0.29) is 16.9 Å². The molecule has 2 rings (SSSR count). The number of anilines is 1. The second kappa shape index (κ2) is 10.8. The molecule has 0 unspecified atom stereocenters. The lowest BCUT2D eigenvalue weighted by Crippen LogP contribution is -2.17. The molecule has 0 fully saturated rings. The monoisotopic (exact) mass is 421 g/mol. The van der Waals surface area contributed by atoms with Crippen molar-refractivity contribution >= 4 is 34.2 Å². The fourth-order valence-corrected chi connectivity index (χ4v) is 3.33.